The summed E-state index contributed by atoms with van der Waals surface area (Å²) in [6.45, 7) is 0. The topological polar surface area (TPSA) is 57.4 Å². The van der Waals surface area contributed by atoms with E-state index in [0.29, 0.717) is 23.1 Å². The van der Waals surface area contributed by atoms with Crippen molar-refractivity contribution in [2.24, 2.45) is 0 Å². The second kappa shape index (κ2) is 4.78. The molecular weight excluding hydrogens is 260 g/mol. The molecule has 0 radical (unpaired) electrons. The molecule has 0 fully saturated rings. The molecule has 1 heterocycles. The number of hydrogen-bond donors (Lipinski definition) is 1. The molecule has 0 aliphatic carbocycles. The minimum atomic E-state index is 0.524. The van der Waals surface area contributed by atoms with Crippen molar-refractivity contribution in [1.82, 2.24) is 4.37 Å². The maximum Gasteiger partial charge on any atom is 0.238 e. The largest absolute Gasteiger partial charge is 0.497 e. The predicted molar refractivity (Wildman–Crippen MR) is 77.1 cm³/mol. The van der Waals surface area contributed by atoms with E-state index in [1.165, 1.54) is 11.5 Å². The molecule has 4 nitrogen and oxygen atoms in total. The fourth-order valence-corrected chi connectivity index (χ4v) is 2.50. The van der Waals surface area contributed by atoms with Crippen molar-refractivity contribution in [3.63, 3.8) is 0 Å². The van der Waals surface area contributed by atoms with Gasteiger partial charge in [-0.2, -0.15) is 4.37 Å². The maximum absolute atomic E-state index is 5.93. The van der Waals surface area contributed by atoms with Gasteiger partial charge in [-0.15, -0.1) is 0 Å². The van der Waals surface area contributed by atoms with Gasteiger partial charge in [-0.1, -0.05) is 12.1 Å². The van der Waals surface area contributed by atoms with Crippen molar-refractivity contribution >= 4 is 27.3 Å². The van der Waals surface area contributed by atoms with E-state index in [1.807, 2.05) is 24.3 Å². The van der Waals surface area contributed by atoms with Gasteiger partial charge in [0.05, 0.1) is 22.9 Å². The Morgan fingerprint density at radius 3 is 2.79 bits per heavy atom. The lowest BCUT2D eigenvalue weighted by Crippen LogP contribution is -1.93. The minimum Gasteiger partial charge on any atom is -0.497 e. The molecule has 0 unspecified atom stereocenters. The van der Waals surface area contributed by atoms with Crippen LogP contribution in [0.25, 0.3) is 10.1 Å². The minimum absolute atomic E-state index is 0.524. The lowest BCUT2D eigenvalue weighted by Gasteiger charge is -2.08. The maximum atomic E-state index is 5.93. The van der Waals surface area contributed by atoms with Gasteiger partial charge in [0, 0.05) is 6.07 Å². The van der Waals surface area contributed by atoms with Crippen LogP contribution < -0.4 is 15.2 Å². The van der Waals surface area contributed by atoms with Gasteiger partial charge in [-0.3, -0.25) is 0 Å². The second-order valence-corrected chi connectivity index (χ2v) is 4.79. The molecule has 0 bridgehead atoms. The molecule has 0 aliphatic rings. The number of nitrogens with zero attached hydrogens (tertiary/aromatic N) is 1. The molecular formula is C14H12N2O2S. The molecule has 2 N–H and O–H groups in total. The highest BCUT2D eigenvalue weighted by Crippen LogP contribution is 2.35. The zero-order chi connectivity index (χ0) is 13.2. The van der Waals surface area contributed by atoms with Crippen LogP contribution in [0.1, 0.15) is 0 Å². The summed E-state index contributed by atoms with van der Waals surface area (Å²) in [5.74, 6) is 1.86. The third kappa shape index (κ3) is 2.20. The molecule has 0 saturated heterocycles. The number of fused-ring (bicyclic) bond motifs is 1. The number of aromatic nitrogens is 1. The molecule has 0 atom stereocenters. The summed E-state index contributed by atoms with van der Waals surface area (Å²) in [4.78, 5) is 0. The van der Waals surface area contributed by atoms with E-state index < -0.39 is 0 Å². The van der Waals surface area contributed by atoms with Crippen molar-refractivity contribution in [3.8, 4) is 17.4 Å². The van der Waals surface area contributed by atoms with Gasteiger partial charge in [0.25, 0.3) is 0 Å². The van der Waals surface area contributed by atoms with E-state index >= 15 is 0 Å². The normalized spacial score (nSPS) is 10.6. The van der Waals surface area contributed by atoms with Crippen LogP contribution in [0, 0.1) is 0 Å². The van der Waals surface area contributed by atoms with Crippen molar-refractivity contribution in [1.29, 1.82) is 0 Å². The summed E-state index contributed by atoms with van der Waals surface area (Å²) in [7, 11) is 1.60. The molecule has 0 spiro atoms. The van der Waals surface area contributed by atoms with Gasteiger partial charge in [0.2, 0.25) is 5.88 Å². The van der Waals surface area contributed by atoms with Crippen LogP contribution in [0.15, 0.2) is 42.5 Å². The lowest BCUT2D eigenvalue weighted by atomic mass is 10.2. The van der Waals surface area contributed by atoms with Crippen molar-refractivity contribution in [2.45, 2.75) is 0 Å². The van der Waals surface area contributed by atoms with Crippen LogP contribution >= 0.6 is 11.5 Å². The summed E-state index contributed by atoms with van der Waals surface area (Å²) in [5.41, 5.74) is 6.45. The van der Waals surface area contributed by atoms with E-state index in [-0.39, 0.29) is 0 Å². The zero-order valence-electron chi connectivity index (χ0n) is 10.3. The van der Waals surface area contributed by atoms with E-state index in [0.717, 1.165) is 10.1 Å². The molecule has 1 aromatic heterocycles. The quantitative estimate of drug-likeness (QED) is 0.739. The van der Waals surface area contributed by atoms with Gasteiger partial charge in [0.15, 0.2) is 5.75 Å². The highest BCUT2D eigenvalue weighted by atomic mass is 32.1. The van der Waals surface area contributed by atoms with Crippen LogP contribution in [0.5, 0.6) is 17.4 Å². The van der Waals surface area contributed by atoms with Crippen LogP contribution in [-0.2, 0) is 0 Å². The molecule has 96 valence electrons. The Labute approximate surface area is 114 Å². The molecule has 2 aromatic carbocycles. The van der Waals surface area contributed by atoms with Crippen molar-refractivity contribution < 1.29 is 9.47 Å². The van der Waals surface area contributed by atoms with Gasteiger partial charge in [-0.25, -0.2) is 0 Å². The highest BCUT2D eigenvalue weighted by Gasteiger charge is 2.10. The van der Waals surface area contributed by atoms with E-state index in [2.05, 4.69) is 4.37 Å². The first-order valence-corrected chi connectivity index (χ1v) is 6.51. The zero-order valence-corrected chi connectivity index (χ0v) is 11.1. The summed E-state index contributed by atoms with van der Waals surface area (Å²) in [5, 5.41) is 0.989. The van der Waals surface area contributed by atoms with Crippen LogP contribution in [0.2, 0.25) is 0 Å². The van der Waals surface area contributed by atoms with E-state index in [4.69, 9.17) is 15.2 Å². The van der Waals surface area contributed by atoms with E-state index in [1.54, 1.807) is 25.3 Å². The predicted octanol–water partition coefficient (Wildman–Crippen LogP) is 3.68. The van der Waals surface area contributed by atoms with Crippen LogP contribution in [0.3, 0.4) is 0 Å². The summed E-state index contributed by atoms with van der Waals surface area (Å²) in [6.07, 6.45) is 0. The first kappa shape index (κ1) is 11.8. The Morgan fingerprint density at radius 1 is 1.16 bits per heavy atom. The molecule has 0 saturated carbocycles. The Hall–Kier alpha value is -2.27. The number of nitrogens with two attached hydrogens (primary N) is 1. The van der Waals surface area contributed by atoms with Crippen LogP contribution in [-0.4, -0.2) is 11.5 Å². The fraction of sp³-hybridized carbons (Fsp3) is 0.0714. The molecule has 3 rings (SSSR count). The summed E-state index contributed by atoms with van der Waals surface area (Å²) >= 11 is 1.41. The van der Waals surface area contributed by atoms with Gasteiger partial charge >= 0.3 is 0 Å². The highest BCUT2D eigenvalue weighted by molar-refractivity contribution is 7.13. The Kier molecular flexibility index (Phi) is 2.97. The number of ether oxygens (including phenoxy) is 2. The number of benzene rings is 2. The van der Waals surface area contributed by atoms with Crippen LogP contribution in [0.4, 0.5) is 5.69 Å². The lowest BCUT2D eigenvalue weighted by molar-refractivity contribution is 0.413. The first-order chi connectivity index (χ1) is 9.28. The Bertz CT molecular complexity index is 724. The SMILES string of the molecule is COc1ccc(Oc2nsc3ccccc23)c(N)c1. The number of nitrogen functional groups attached to an aromatic ring is 1. The monoisotopic (exact) mass is 272 g/mol. The molecule has 5 heteroatoms. The van der Waals surface area contributed by atoms with Crippen molar-refractivity contribution in [2.75, 3.05) is 12.8 Å². The van der Waals surface area contributed by atoms with Gasteiger partial charge in [-0.05, 0) is 35.8 Å². The number of hydrogen-bond acceptors (Lipinski definition) is 5. The average molecular weight is 272 g/mol. The second-order valence-electron chi connectivity index (χ2n) is 3.99. The molecule has 19 heavy (non-hydrogen) atoms. The third-order valence-corrected chi connectivity index (χ3v) is 3.58. The Morgan fingerprint density at radius 2 is 2.00 bits per heavy atom. The summed E-state index contributed by atoms with van der Waals surface area (Å²) in [6, 6.07) is 13.2. The van der Waals surface area contributed by atoms with E-state index in [9.17, 15) is 0 Å². The molecule has 0 aliphatic heterocycles. The fourth-order valence-electron chi connectivity index (χ4n) is 1.79. The smallest absolute Gasteiger partial charge is 0.238 e. The van der Waals surface area contributed by atoms with Crippen molar-refractivity contribution in [3.05, 3.63) is 42.5 Å². The molecule has 3 aromatic rings. The van der Waals surface area contributed by atoms with Gasteiger partial charge < -0.3 is 15.2 Å². The van der Waals surface area contributed by atoms with Gasteiger partial charge in [0.1, 0.15) is 5.75 Å². The number of anilines is 1. The average Bonchev–Trinajstić information content (AvgIpc) is 2.84. The number of rotatable bonds is 3. The molecule has 0 amide bonds. The Balaban J connectivity index is 1.97. The third-order valence-electron chi connectivity index (χ3n) is 2.77. The standard InChI is InChI=1S/C14H12N2O2S/c1-17-9-6-7-12(11(15)8-9)18-14-10-4-2-3-5-13(10)19-16-14/h2-8H,15H2,1H3. The first-order valence-electron chi connectivity index (χ1n) is 5.73. The number of methoxy groups -OCH3 is 1. The summed E-state index contributed by atoms with van der Waals surface area (Å²) < 4.78 is 16.3.